The van der Waals surface area contributed by atoms with Crippen LogP contribution in [0.2, 0.25) is 0 Å². The highest BCUT2D eigenvalue weighted by atomic mass is 35.5. The Labute approximate surface area is 117 Å². The van der Waals surface area contributed by atoms with Crippen molar-refractivity contribution in [3.8, 4) is 0 Å². The van der Waals surface area contributed by atoms with Crippen LogP contribution in [0.15, 0.2) is 47.2 Å². The van der Waals surface area contributed by atoms with Gasteiger partial charge < -0.3 is 4.74 Å². The smallest absolute Gasteiger partial charge is 0.0729 e. The molecule has 1 aromatic carbocycles. The molecule has 0 amide bonds. The van der Waals surface area contributed by atoms with Gasteiger partial charge in [0, 0.05) is 5.88 Å². The Bertz CT molecular complexity index is 491. The van der Waals surface area contributed by atoms with Crippen LogP contribution in [-0.2, 0) is 17.2 Å². The molecule has 0 saturated carbocycles. The van der Waals surface area contributed by atoms with E-state index in [0.717, 1.165) is 11.1 Å². The van der Waals surface area contributed by atoms with Gasteiger partial charge in [-0.15, -0.1) is 11.6 Å². The standard InChI is InChI=1S/C15H15ClOS/c16-10-14-4-1-3-13(9-14)5-2-7-17-11-15-6-8-18-12-15/h1-6,8-9,12H,7,10-11H2/b5-2+. The number of halogens is 1. The summed E-state index contributed by atoms with van der Waals surface area (Å²) < 4.78 is 5.55. The largest absolute Gasteiger partial charge is 0.373 e. The van der Waals surface area contributed by atoms with Gasteiger partial charge in [0.15, 0.2) is 0 Å². The van der Waals surface area contributed by atoms with E-state index in [1.807, 2.05) is 18.2 Å². The van der Waals surface area contributed by atoms with Crippen molar-refractivity contribution in [3.05, 3.63) is 63.9 Å². The third-order valence-corrected chi connectivity index (χ3v) is 3.52. The van der Waals surface area contributed by atoms with Gasteiger partial charge in [-0.05, 0) is 33.5 Å². The van der Waals surface area contributed by atoms with Crippen molar-refractivity contribution in [1.82, 2.24) is 0 Å². The van der Waals surface area contributed by atoms with E-state index in [9.17, 15) is 0 Å². The molecular weight excluding hydrogens is 264 g/mol. The zero-order chi connectivity index (χ0) is 12.6. The predicted molar refractivity (Wildman–Crippen MR) is 79.0 cm³/mol. The van der Waals surface area contributed by atoms with E-state index in [4.69, 9.17) is 16.3 Å². The minimum Gasteiger partial charge on any atom is -0.373 e. The van der Waals surface area contributed by atoms with E-state index < -0.39 is 0 Å². The van der Waals surface area contributed by atoms with Gasteiger partial charge in [-0.1, -0.05) is 36.4 Å². The fourth-order valence-corrected chi connectivity index (χ4v) is 2.40. The molecule has 0 fully saturated rings. The molecule has 0 saturated heterocycles. The molecule has 0 aliphatic heterocycles. The van der Waals surface area contributed by atoms with E-state index in [0.29, 0.717) is 19.1 Å². The first-order valence-electron chi connectivity index (χ1n) is 5.79. The normalized spacial score (nSPS) is 11.2. The zero-order valence-electron chi connectivity index (χ0n) is 10.0. The molecule has 0 bridgehead atoms. The number of thiophene rings is 1. The summed E-state index contributed by atoms with van der Waals surface area (Å²) in [4.78, 5) is 0. The van der Waals surface area contributed by atoms with Crippen molar-refractivity contribution in [1.29, 1.82) is 0 Å². The third kappa shape index (κ3) is 4.30. The molecule has 0 spiro atoms. The van der Waals surface area contributed by atoms with E-state index in [2.05, 4.69) is 35.0 Å². The first-order chi connectivity index (χ1) is 8.88. The van der Waals surface area contributed by atoms with Crippen LogP contribution in [0, 0.1) is 0 Å². The van der Waals surface area contributed by atoms with Crippen LogP contribution in [0.1, 0.15) is 16.7 Å². The van der Waals surface area contributed by atoms with Gasteiger partial charge in [0.25, 0.3) is 0 Å². The second-order valence-electron chi connectivity index (χ2n) is 3.93. The molecule has 1 heterocycles. The van der Waals surface area contributed by atoms with Crippen LogP contribution in [0.4, 0.5) is 0 Å². The number of benzene rings is 1. The Morgan fingerprint density at radius 1 is 1.22 bits per heavy atom. The van der Waals surface area contributed by atoms with Crippen LogP contribution in [0.25, 0.3) is 6.08 Å². The number of alkyl halides is 1. The van der Waals surface area contributed by atoms with Gasteiger partial charge in [-0.25, -0.2) is 0 Å². The molecule has 0 N–H and O–H groups in total. The number of ether oxygens (including phenoxy) is 1. The van der Waals surface area contributed by atoms with Crippen molar-refractivity contribution in [2.75, 3.05) is 6.61 Å². The number of rotatable bonds is 6. The van der Waals surface area contributed by atoms with Gasteiger partial charge in [0.1, 0.15) is 0 Å². The van der Waals surface area contributed by atoms with E-state index in [1.54, 1.807) is 11.3 Å². The fraction of sp³-hybridized carbons (Fsp3) is 0.200. The summed E-state index contributed by atoms with van der Waals surface area (Å²) in [5.41, 5.74) is 3.53. The second kappa shape index (κ2) is 7.37. The number of hydrogen-bond acceptors (Lipinski definition) is 2. The Morgan fingerprint density at radius 2 is 2.17 bits per heavy atom. The van der Waals surface area contributed by atoms with Crippen molar-refractivity contribution in [3.63, 3.8) is 0 Å². The SMILES string of the molecule is ClCc1cccc(/C=C/COCc2ccsc2)c1. The first-order valence-corrected chi connectivity index (χ1v) is 7.26. The molecule has 18 heavy (non-hydrogen) atoms. The molecule has 1 nitrogen and oxygen atoms in total. The summed E-state index contributed by atoms with van der Waals surface area (Å²) >= 11 is 7.49. The molecule has 3 heteroatoms. The second-order valence-corrected chi connectivity index (χ2v) is 4.98. The summed E-state index contributed by atoms with van der Waals surface area (Å²) in [7, 11) is 0. The van der Waals surface area contributed by atoms with E-state index in [-0.39, 0.29) is 0 Å². The molecule has 2 aromatic rings. The lowest BCUT2D eigenvalue weighted by molar-refractivity contribution is 0.149. The van der Waals surface area contributed by atoms with Gasteiger partial charge in [-0.3, -0.25) is 0 Å². The quantitative estimate of drug-likeness (QED) is 0.549. The Hall–Kier alpha value is -1.09. The van der Waals surface area contributed by atoms with Crippen molar-refractivity contribution >= 4 is 29.0 Å². The molecule has 94 valence electrons. The van der Waals surface area contributed by atoms with Crippen LogP contribution in [0.5, 0.6) is 0 Å². The average molecular weight is 279 g/mol. The Morgan fingerprint density at radius 3 is 2.94 bits per heavy atom. The Balaban J connectivity index is 1.76. The molecule has 0 aliphatic carbocycles. The van der Waals surface area contributed by atoms with E-state index in [1.165, 1.54) is 5.56 Å². The monoisotopic (exact) mass is 278 g/mol. The van der Waals surface area contributed by atoms with Crippen molar-refractivity contribution in [2.24, 2.45) is 0 Å². The number of hydrogen-bond donors (Lipinski definition) is 0. The van der Waals surface area contributed by atoms with Crippen molar-refractivity contribution in [2.45, 2.75) is 12.5 Å². The summed E-state index contributed by atoms with van der Waals surface area (Å²) in [5.74, 6) is 0.552. The highest BCUT2D eigenvalue weighted by Gasteiger charge is 1.92. The van der Waals surface area contributed by atoms with Crippen molar-refractivity contribution < 1.29 is 4.74 Å². The van der Waals surface area contributed by atoms with Crippen LogP contribution < -0.4 is 0 Å². The van der Waals surface area contributed by atoms with E-state index >= 15 is 0 Å². The van der Waals surface area contributed by atoms with Gasteiger partial charge in [0.05, 0.1) is 13.2 Å². The first kappa shape index (κ1) is 13.3. The fourth-order valence-electron chi connectivity index (χ4n) is 1.58. The van der Waals surface area contributed by atoms with Gasteiger partial charge >= 0.3 is 0 Å². The summed E-state index contributed by atoms with van der Waals surface area (Å²) in [6, 6.07) is 10.3. The molecule has 0 radical (unpaired) electrons. The van der Waals surface area contributed by atoms with Crippen LogP contribution in [0.3, 0.4) is 0 Å². The lowest BCUT2D eigenvalue weighted by atomic mass is 10.1. The predicted octanol–water partition coefficient (Wildman–Crippen LogP) is 4.72. The zero-order valence-corrected chi connectivity index (χ0v) is 11.6. The lowest BCUT2D eigenvalue weighted by Crippen LogP contribution is -1.90. The summed E-state index contributed by atoms with van der Waals surface area (Å²) in [5, 5.41) is 4.17. The maximum absolute atomic E-state index is 5.79. The van der Waals surface area contributed by atoms with Crippen LogP contribution in [-0.4, -0.2) is 6.61 Å². The molecule has 2 rings (SSSR count). The highest BCUT2D eigenvalue weighted by Crippen LogP contribution is 2.10. The molecule has 0 atom stereocenters. The van der Waals surface area contributed by atoms with Crippen LogP contribution >= 0.6 is 22.9 Å². The average Bonchev–Trinajstić information content (AvgIpc) is 2.92. The lowest BCUT2D eigenvalue weighted by Gasteiger charge is -1.99. The summed E-state index contributed by atoms with van der Waals surface area (Å²) in [6.07, 6.45) is 4.09. The molecule has 1 aromatic heterocycles. The van der Waals surface area contributed by atoms with Gasteiger partial charge in [-0.2, -0.15) is 11.3 Å². The maximum Gasteiger partial charge on any atom is 0.0729 e. The third-order valence-electron chi connectivity index (χ3n) is 2.48. The molecule has 0 unspecified atom stereocenters. The molecular formula is C15H15ClOS. The maximum atomic E-state index is 5.79. The minimum absolute atomic E-state index is 0.552. The highest BCUT2D eigenvalue weighted by molar-refractivity contribution is 7.07. The summed E-state index contributed by atoms with van der Waals surface area (Å²) in [6.45, 7) is 1.30. The topological polar surface area (TPSA) is 9.23 Å². The minimum atomic E-state index is 0.552. The Kier molecular flexibility index (Phi) is 5.46. The van der Waals surface area contributed by atoms with Gasteiger partial charge in [0.2, 0.25) is 0 Å². The molecule has 0 aliphatic rings.